The molecule has 0 saturated carbocycles. The summed E-state index contributed by atoms with van der Waals surface area (Å²) in [5, 5.41) is 2.03. The van der Waals surface area contributed by atoms with Crippen LogP contribution in [0.4, 0.5) is 0 Å². The first-order valence-electron chi connectivity index (χ1n) is 5.25. The molecule has 1 saturated heterocycles. The van der Waals surface area contributed by atoms with Crippen molar-refractivity contribution in [1.29, 1.82) is 0 Å². The van der Waals surface area contributed by atoms with E-state index in [2.05, 4.69) is 28.7 Å². The highest BCUT2D eigenvalue weighted by molar-refractivity contribution is 7.10. The van der Waals surface area contributed by atoms with E-state index in [1.54, 1.807) is 11.3 Å². The second-order valence-corrected chi connectivity index (χ2v) is 4.46. The minimum absolute atomic E-state index is 1.09. The molecule has 1 aromatic rings. The zero-order chi connectivity index (χ0) is 10.3. The van der Waals surface area contributed by atoms with Crippen molar-refractivity contribution in [3.63, 3.8) is 0 Å². The van der Waals surface area contributed by atoms with Gasteiger partial charge in [0.05, 0.1) is 4.88 Å². The second-order valence-electron chi connectivity index (χ2n) is 3.51. The van der Waals surface area contributed by atoms with Gasteiger partial charge in [-0.25, -0.2) is 0 Å². The third kappa shape index (κ3) is 3.35. The lowest BCUT2D eigenvalue weighted by atomic mass is 10.1. The van der Waals surface area contributed by atoms with E-state index in [1.165, 1.54) is 19.3 Å². The van der Waals surface area contributed by atoms with Crippen molar-refractivity contribution >= 4 is 11.3 Å². The number of piperidine rings is 1. The van der Waals surface area contributed by atoms with Crippen LogP contribution < -0.4 is 0 Å². The van der Waals surface area contributed by atoms with Crippen LogP contribution in [0.25, 0.3) is 0 Å². The van der Waals surface area contributed by atoms with Crippen LogP contribution in [0.3, 0.4) is 0 Å². The van der Waals surface area contributed by atoms with Crippen molar-refractivity contribution in [2.75, 3.05) is 13.1 Å². The molecule has 2 heterocycles. The van der Waals surface area contributed by atoms with Gasteiger partial charge < -0.3 is 4.90 Å². The molecule has 0 spiro atoms. The fourth-order valence-electron chi connectivity index (χ4n) is 1.56. The van der Waals surface area contributed by atoms with Crippen LogP contribution in [0, 0.1) is 23.8 Å². The first-order chi connectivity index (χ1) is 7.45. The van der Waals surface area contributed by atoms with Crippen LogP contribution in [0.2, 0.25) is 0 Å². The van der Waals surface area contributed by atoms with Gasteiger partial charge in [-0.1, -0.05) is 6.07 Å². The van der Waals surface area contributed by atoms with Crippen molar-refractivity contribution < 1.29 is 0 Å². The average molecular weight is 215 g/mol. The number of likely N-dealkylation sites (tertiary alicyclic amines) is 1. The molecule has 0 N–H and O–H groups in total. The third-order valence-corrected chi connectivity index (χ3v) is 3.12. The Morgan fingerprint density at radius 3 is 2.73 bits per heavy atom. The Hall–Kier alpha value is -1.38. The maximum atomic E-state index is 3.10. The summed E-state index contributed by atoms with van der Waals surface area (Å²) in [6.45, 7) is 2.21. The van der Waals surface area contributed by atoms with E-state index in [4.69, 9.17) is 0 Å². The van der Waals surface area contributed by atoms with E-state index < -0.39 is 0 Å². The van der Waals surface area contributed by atoms with Crippen LogP contribution in [0.5, 0.6) is 0 Å². The number of nitrogens with zero attached hydrogens (tertiary/aromatic N) is 1. The van der Waals surface area contributed by atoms with Crippen molar-refractivity contribution in [3.8, 4) is 23.8 Å². The summed E-state index contributed by atoms with van der Waals surface area (Å²) in [4.78, 5) is 3.26. The fourth-order valence-corrected chi connectivity index (χ4v) is 2.13. The first kappa shape index (κ1) is 10.1. The number of thiophene rings is 1. The van der Waals surface area contributed by atoms with E-state index in [9.17, 15) is 0 Å². The Labute approximate surface area is 95.1 Å². The highest BCUT2D eigenvalue weighted by Gasteiger charge is 2.04. The van der Waals surface area contributed by atoms with Gasteiger partial charge in [0.1, 0.15) is 0 Å². The molecule has 1 nitrogen and oxygen atoms in total. The lowest BCUT2D eigenvalue weighted by Crippen LogP contribution is -2.24. The molecule has 76 valence electrons. The molecule has 1 aromatic heterocycles. The lowest BCUT2D eigenvalue weighted by molar-refractivity contribution is 0.327. The van der Waals surface area contributed by atoms with Crippen molar-refractivity contribution in [1.82, 2.24) is 4.90 Å². The molecule has 1 aliphatic rings. The Morgan fingerprint density at radius 1 is 1.13 bits per heavy atom. The average Bonchev–Trinajstić information content (AvgIpc) is 2.79. The highest BCUT2D eigenvalue weighted by Crippen LogP contribution is 2.07. The quantitative estimate of drug-likeness (QED) is 0.601. The van der Waals surface area contributed by atoms with Gasteiger partial charge in [-0.05, 0) is 42.5 Å². The molecule has 0 radical (unpaired) electrons. The van der Waals surface area contributed by atoms with E-state index in [0.29, 0.717) is 0 Å². The molecule has 0 aromatic carbocycles. The Bertz CT molecular complexity index is 405. The molecule has 2 rings (SSSR count). The molecule has 0 atom stereocenters. The van der Waals surface area contributed by atoms with Gasteiger partial charge >= 0.3 is 0 Å². The SMILES string of the molecule is C(C#CN1CCCCC1)#Cc1cccs1. The smallest absolute Gasteiger partial charge is 0.0778 e. The molecule has 0 amide bonds. The second kappa shape index (κ2) is 5.49. The Kier molecular flexibility index (Phi) is 3.71. The van der Waals surface area contributed by atoms with E-state index in [1.807, 2.05) is 17.5 Å². The van der Waals surface area contributed by atoms with Crippen LogP contribution >= 0.6 is 11.3 Å². The van der Waals surface area contributed by atoms with E-state index in [-0.39, 0.29) is 0 Å². The third-order valence-electron chi connectivity index (χ3n) is 2.34. The minimum atomic E-state index is 1.09. The normalized spacial score (nSPS) is 14.8. The summed E-state index contributed by atoms with van der Waals surface area (Å²) >= 11 is 1.65. The van der Waals surface area contributed by atoms with E-state index >= 15 is 0 Å². The maximum Gasteiger partial charge on any atom is 0.0778 e. The fraction of sp³-hybridized carbons (Fsp3) is 0.385. The topological polar surface area (TPSA) is 3.24 Å². The zero-order valence-electron chi connectivity index (χ0n) is 8.62. The summed E-state index contributed by atoms with van der Waals surface area (Å²) in [6, 6.07) is 7.12. The van der Waals surface area contributed by atoms with Gasteiger partial charge in [0.2, 0.25) is 0 Å². The monoisotopic (exact) mass is 215 g/mol. The summed E-state index contributed by atoms with van der Waals surface area (Å²) < 4.78 is 0. The summed E-state index contributed by atoms with van der Waals surface area (Å²) in [6.07, 6.45) is 3.89. The van der Waals surface area contributed by atoms with Crippen molar-refractivity contribution in [3.05, 3.63) is 22.4 Å². The van der Waals surface area contributed by atoms with Gasteiger partial charge in [-0.15, -0.1) is 11.3 Å². The molecule has 1 fully saturated rings. The van der Waals surface area contributed by atoms with Gasteiger partial charge in [0.15, 0.2) is 0 Å². The highest BCUT2D eigenvalue weighted by atomic mass is 32.1. The number of hydrogen-bond acceptors (Lipinski definition) is 2. The minimum Gasteiger partial charge on any atom is -0.332 e. The summed E-state index contributed by atoms with van der Waals surface area (Å²) in [7, 11) is 0. The van der Waals surface area contributed by atoms with Crippen molar-refractivity contribution in [2.24, 2.45) is 0 Å². The number of hydrogen-bond donors (Lipinski definition) is 0. The van der Waals surface area contributed by atoms with E-state index in [0.717, 1.165) is 18.0 Å². The van der Waals surface area contributed by atoms with Crippen LogP contribution in [0.1, 0.15) is 24.1 Å². The molecule has 2 heteroatoms. The van der Waals surface area contributed by atoms with Gasteiger partial charge in [-0.3, -0.25) is 0 Å². The number of rotatable bonds is 0. The Balaban J connectivity index is 1.88. The van der Waals surface area contributed by atoms with Crippen LogP contribution in [0.15, 0.2) is 17.5 Å². The molecular formula is C13H13NS. The molecule has 0 aliphatic carbocycles. The maximum absolute atomic E-state index is 3.10. The van der Waals surface area contributed by atoms with Crippen molar-refractivity contribution in [2.45, 2.75) is 19.3 Å². The molecule has 1 aliphatic heterocycles. The largest absolute Gasteiger partial charge is 0.332 e. The van der Waals surface area contributed by atoms with Crippen LogP contribution in [-0.4, -0.2) is 18.0 Å². The zero-order valence-corrected chi connectivity index (χ0v) is 9.44. The molecule has 0 bridgehead atoms. The standard InChI is InChI=1S/C13H13NS/c1-3-9-14(10-4-1)11-5-2-7-13-8-6-12-15-13/h6,8,12H,1,3-4,9-10H2. The molecular weight excluding hydrogens is 202 g/mol. The van der Waals surface area contributed by atoms with Gasteiger partial charge in [0.25, 0.3) is 0 Å². The van der Waals surface area contributed by atoms with Gasteiger partial charge in [-0.2, -0.15) is 0 Å². The Morgan fingerprint density at radius 2 is 2.00 bits per heavy atom. The first-order valence-corrected chi connectivity index (χ1v) is 6.13. The predicted octanol–water partition coefficient (Wildman–Crippen LogP) is 2.55. The summed E-state index contributed by atoms with van der Waals surface area (Å²) in [5.41, 5.74) is 0. The lowest BCUT2D eigenvalue weighted by Gasteiger charge is -2.21. The predicted molar refractivity (Wildman–Crippen MR) is 64.4 cm³/mol. The molecule has 0 unspecified atom stereocenters. The van der Waals surface area contributed by atoms with Crippen LogP contribution in [-0.2, 0) is 0 Å². The van der Waals surface area contributed by atoms with Gasteiger partial charge in [0, 0.05) is 25.1 Å². The molecule has 15 heavy (non-hydrogen) atoms. The summed E-state index contributed by atoms with van der Waals surface area (Å²) in [5.74, 6) is 8.84.